The Hall–Kier alpha value is -3.17. The smallest absolute Gasteiger partial charge is 0.199 e. The van der Waals surface area contributed by atoms with Crippen LogP contribution in [-0.2, 0) is 11.3 Å². The molecule has 2 atom stereocenters. The normalized spacial score (nSPS) is 12.0. The zero-order valence-electron chi connectivity index (χ0n) is 15.6. The maximum absolute atomic E-state index is 10.1. The molecule has 0 unspecified atom stereocenters. The summed E-state index contributed by atoms with van der Waals surface area (Å²) in [5.74, 6) is -1.48. The summed E-state index contributed by atoms with van der Waals surface area (Å²) in [5, 5.41) is 31.0. The van der Waals surface area contributed by atoms with Crippen molar-refractivity contribution in [2.45, 2.75) is 18.7 Å². The topological polar surface area (TPSA) is 101 Å². The van der Waals surface area contributed by atoms with Crippen molar-refractivity contribution in [2.24, 2.45) is 0 Å². The minimum Gasteiger partial charge on any atom is -0.547 e. The minimum atomic E-state index is -1.52. The van der Waals surface area contributed by atoms with Crippen LogP contribution in [0.5, 0.6) is 0 Å². The Bertz CT molecular complexity index is 926. The molecular weight excluding hydrogens is 388 g/mol. The number of carbonyl (C=O) groups excluding carboxylic acids is 1. The van der Waals surface area contributed by atoms with E-state index in [1.54, 1.807) is 18.2 Å². The monoisotopic (exact) mass is 408 g/mol. The first-order valence-corrected chi connectivity index (χ1v) is 9.35. The largest absolute Gasteiger partial charge is 0.547 e. The van der Waals surface area contributed by atoms with Gasteiger partial charge in [-0.3, -0.25) is 0 Å². The third kappa shape index (κ3) is 7.40. The van der Waals surface area contributed by atoms with Crippen LogP contribution in [0.2, 0.25) is 5.02 Å². The number of nitriles is 1. The first kappa shape index (κ1) is 22.1. The van der Waals surface area contributed by atoms with Crippen LogP contribution in [-0.4, -0.2) is 11.1 Å². The Balaban J connectivity index is 0.000000234. The predicted molar refractivity (Wildman–Crippen MR) is 108 cm³/mol. The molecule has 3 N–H and O–H groups in total. The number of rotatable bonds is 6. The molecule has 0 bridgehead atoms. The van der Waals surface area contributed by atoms with Gasteiger partial charge < -0.3 is 20.3 Å². The Morgan fingerprint density at radius 3 is 2.03 bits per heavy atom. The SMILES string of the molecule is N#C[C@@H]([NH2+]Cc1ccccc1)c1ccc(Cl)cc1.O=C([O-])[C@H](O)c1ccccc1. The molecule has 0 saturated heterocycles. The highest BCUT2D eigenvalue weighted by molar-refractivity contribution is 6.30. The van der Waals surface area contributed by atoms with Crippen molar-refractivity contribution in [1.29, 1.82) is 5.26 Å². The molecule has 0 aliphatic rings. The number of aliphatic hydroxyl groups is 1. The van der Waals surface area contributed by atoms with Crippen LogP contribution in [0, 0.1) is 11.3 Å². The molecule has 5 nitrogen and oxygen atoms in total. The van der Waals surface area contributed by atoms with Gasteiger partial charge in [0, 0.05) is 16.1 Å². The highest BCUT2D eigenvalue weighted by Crippen LogP contribution is 2.13. The van der Waals surface area contributed by atoms with Gasteiger partial charge in [-0.05, 0) is 17.7 Å². The van der Waals surface area contributed by atoms with Crippen molar-refractivity contribution < 1.29 is 20.3 Å². The van der Waals surface area contributed by atoms with Gasteiger partial charge in [0.15, 0.2) is 6.04 Å². The predicted octanol–water partition coefficient (Wildman–Crippen LogP) is 2.14. The summed E-state index contributed by atoms with van der Waals surface area (Å²) >= 11 is 5.84. The fourth-order valence-corrected chi connectivity index (χ4v) is 2.70. The van der Waals surface area contributed by atoms with Gasteiger partial charge in [-0.2, -0.15) is 5.26 Å². The summed E-state index contributed by atoms with van der Waals surface area (Å²) in [6.45, 7) is 0.793. The number of nitrogens with zero attached hydrogens (tertiary/aromatic N) is 1. The third-order valence-corrected chi connectivity index (χ3v) is 4.39. The van der Waals surface area contributed by atoms with Gasteiger partial charge in [-0.15, -0.1) is 0 Å². The van der Waals surface area contributed by atoms with E-state index in [0.29, 0.717) is 10.6 Å². The molecule has 0 spiro atoms. The summed E-state index contributed by atoms with van der Waals surface area (Å²) in [4.78, 5) is 10.1. The number of quaternary nitrogens is 1. The van der Waals surface area contributed by atoms with E-state index in [0.717, 1.165) is 12.1 Å². The molecule has 29 heavy (non-hydrogen) atoms. The third-order valence-electron chi connectivity index (χ3n) is 4.14. The van der Waals surface area contributed by atoms with E-state index >= 15 is 0 Å². The summed E-state index contributed by atoms with van der Waals surface area (Å²) in [6, 6.07) is 27.8. The minimum absolute atomic E-state index is 0.192. The Kier molecular flexibility index (Phi) is 8.87. The summed E-state index contributed by atoms with van der Waals surface area (Å²) in [7, 11) is 0. The van der Waals surface area contributed by atoms with Crippen molar-refractivity contribution >= 4 is 17.6 Å². The number of hydrogen-bond acceptors (Lipinski definition) is 4. The van der Waals surface area contributed by atoms with Crippen molar-refractivity contribution in [3.05, 3.63) is 107 Å². The van der Waals surface area contributed by atoms with Gasteiger partial charge in [0.2, 0.25) is 0 Å². The van der Waals surface area contributed by atoms with Crippen LogP contribution in [0.25, 0.3) is 0 Å². The van der Waals surface area contributed by atoms with Crippen molar-refractivity contribution in [3.8, 4) is 6.07 Å². The molecule has 0 fully saturated rings. The van der Waals surface area contributed by atoms with E-state index in [2.05, 4.69) is 18.2 Å². The van der Waals surface area contributed by atoms with E-state index in [4.69, 9.17) is 16.7 Å². The lowest BCUT2D eigenvalue weighted by molar-refractivity contribution is -0.699. The number of halogens is 1. The number of carboxylic acids is 1. The lowest BCUT2D eigenvalue weighted by Gasteiger charge is -2.10. The van der Waals surface area contributed by atoms with Gasteiger partial charge in [-0.25, -0.2) is 0 Å². The zero-order valence-corrected chi connectivity index (χ0v) is 16.4. The lowest BCUT2D eigenvalue weighted by atomic mass is 10.1. The number of aliphatic carboxylic acids is 1. The van der Waals surface area contributed by atoms with E-state index in [1.165, 1.54) is 17.7 Å². The maximum atomic E-state index is 10.1. The molecule has 3 rings (SSSR count). The molecule has 148 valence electrons. The van der Waals surface area contributed by atoms with Gasteiger partial charge in [-0.1, -0.05) is 84.4 Å². The van der Waals surface area contributed by atoms with E-state index in [1.807, 2.05) is 47.8 Å². The van der Waals surface area contributed by atoms with Gasteiger partial charge >= 0.3 is 0 Å². The quantitative estimate of drug-likeness (QED) is 0.652. The average Bonchev–Trinajstić information content (AvgIpc) is 2.76. The first-order valence-electron chi connectivity index (χ1n) is 8.97. The van der Waals surface area contributed by atoms with Crippen LogP contribution >= 0.6 is 11.6 Å². The molecule has 6 heteroatoms. The molecule has 0 amide bonds. The number of benzene rings is 3. The highest BCUT2D eigenvalue weighted by Gasteiger charge is 2.13. The standard InChI is InChI=1S/C15H13ClN2.C8H8O3/c16-14-8-6-13(7-9-14)15(10-17)18-11-12-4-2-1-3-5-12;9-7(8(10)11)6-4-2-1-3-5-6/h1-9,15,18H,11H2;1-5,7,9H,(H,10,11)/t15-;7-/m11/s1. The number of nitrogens with two attached hydrogens (primary N) is 1. The van der Waals surface area contributed by atoms with Crippen LogP contribution < -0.4 is 10.4 Å². The molecule has 0 aromatic heterocycles. The van der Waals surface area contributed by atoms with E-state index < -0.39 is 12.1 Å². The summed E-state index contributed by atoms with van der Waals surface area (Å²) in [5.41, 5.74) is 2.54. The summed E-state index contributed by atoms with van der Waals surface area (Å²) in [6.07, 6.45) is -1.52. The molecule has 0 heterocycles. The average molecular weight is 409 g/mol. The first-order chi connectivity index (χ1) is 14.0. The number of carbonyl (C=O) groups is 1. The van der Waals surface area contributed by atoms with Crippen molar-refractivity contribution in [1.82, 2.24) is 0 Å². The van der Waals surface area contributed by atoms with Crippen LogP contribution in [0.15, 0.2) is 84.9 Å². The molecule has 0 radical (unpaired) electrons. The second kappa shape index (κ2) is 11.6. The maximum Gasteiger partial charge on any atom is 0.199 e. The van der Waals surface area contributed by atoms with Crippen LogP contribution in [0.1, 0.15) is 28.8 Å². The number of carboxylic acid groups (broad SMARTS) is 1. The van der Waals surface area contributed by atoms with Gasteiger partial charge in [0.05, 0.1) is 5.97 Å². The van der Waals surface area contributed by atoms with Crippen LogP contribution in [0.3, 0.4) is 0 Å². The zero-order chi connectivity index (χ0) is 21.1. The number of hydrogen-bond donors (Lipinski definition) is 2. The van der Waals surface area contributed by atoms with Crippen LogP contribution in [0.4, 0.5) is 0 Å². The highest BCUT2D eigenvalue weighted by atomic mass is 35.5. The molecule has 3 aromatic carbocycles. The van der Waals surface area contributed by atoms with Crippen molar-refractivity contribution in [2.75, 3.05) is 0 Å². The second-order valence-corrected chi connectivity index (χ2v) is 6.65. The fourth-order valence-electron chi connectivity index (χ4n) is 2.57. The molecule has 0 saturated carbocycles. The molecular formula is C23H21ClN2O3. The molecule has 3 aromatic rings. The Labute approximate surface area is 174 Å². The lowest BCUT2D eigenvalue weighted by Crippen LogP contribution is -2.83. The summed E-state index contributed by atoms with van der Waals surface area (Å²) < 4.78 is 0. The fraction of sp³-hybridized carbons (Fsp3) is 0.130. The van der Waals surface area contributed by atoms with E-state index in [-0.39, 0.29) is 6.04 Å². The second-order valence-electron chi connectivity index (χ2n) is 6.22. The van der Waals surface area contributed by atoms with Crippen molar-refractivity contribution in [3.63, 3.8) is 0 Å². The molecule has 0 aliphatic carbocycles. The molecule has 0 aliphatic heterocycles. The van der Waals surface area contributed by atoms with Gasteiger partial charge in [0.1, 0.15) is 18.7 Å². The Morgan fingerprint density at radius 2 is 1.52 bits per heavy atom. The van der Waals surface area contributed by atoms with E-state index in [9.17, 15) is 15.2 Å². The Morgan fingerprint density at radius 1 is 0.966 bits per heavy atom. The number of aliphatic hydroxyl groups excluding tert-OH is 1. The van der Waals surface area contributed by atoms with Gasteiger partial charge in [0.25, 0.3) is 0 Å².